The maximum atomic E-state index is 10.5. The second kappa shape index (κ2) is 5.09. The molecular formula is C9H9BrINO2. The van der Waals surface area contributed by atoms with Crippen LogP contribution in [0.15, 0.2) is 22.7 Å². The van der Waals surface area contributed by atoms with Crippen LogP contribution >= 0.6 is 38.5 Å². The predicted octanol–water partition coefficient (Wildman–Crippen LogP) is 2.01. The third-order valence-electron chi connectivity index (χ3n) is 1.76. The standard InChI is InChI=1S/C9H9BrINO2/c10-6-3-5(1-2-7(6)11)4-8(12)9(13)14/h1-3,8H,4,12H2,(H,13,14)/t8-/m0/s1. The van der Waals surface area contributed by atoms with E-state index in [0.29, 0.717) is 6.42 Å². The summed E-state index contributed by atoms with van der Waals surface area (Å²) in [6, 6.07) is 4.87. The van der Waals surface area contributed by atoms with Gasteiger partial charge in [-0.25, -0.2) is 0 Å². The Bertz CT molecular complexity index is 357. The molecule has 0 aliphatic heterocycles. The van der Waals surface area contributed by atoms with Crippen molar-refractivity contribution in [3.8, 4) is 0 Å². The van der Waals surface area contributed by atoms with Crippen molar-refractivity contribution in [1.29, 1.82) is 0 Å². The molecule has 0 heterocycles. The topological polar surface area (TPSA) is 63.3 Å². The summed E-state index contributed by atoms with van der Waals surface area (Å²) in [7, 11) is 0. The van der Waals surface area contributed by atoms with E-state index in [0.717, 1.165) is 13.6 Å². The highest BCUT2D eigenvalue weighted by Gasteiger charge is 2.12. The first-order valence-electron chi connectivity index (χ1n) is 3.93. The molecule has 1 aromatic carbocycles. The largest absolute Gasteiger partial charge is 0.480 e. The zero-order valence-electron chi connectivity index (χ0n) is 7.21. The average Bonchev–Trinajstić information content (AvgIpc) is 2.11. The van der Waals surface area contributed by atoms with Crippen molar-refractivity contribution in [3.05, 3.63) is 31.8 Å². The third kappa shape index (κ3) is 3.21. The van der Waals surface area contributed by atoms with Crippen molar-refractivity contribution in [1.82, 2.24) is 0 Å². The molecule has 3 nitrogen and oxygen atoms in total. The molecular weight excluding hydrogens is 361 g/mol. The van der Waals surface area contributed by atoms with Gasteiger partial charge in [-0.3, -0.25) is 4.79 Å². The Morgan fingerprint density at radius 3 is 2.79 bits per heavy atom. The zero-order valence-corrected chi connectivity index (χ0v) is 10.9. The molecule has 0 aliphatic carbocycles. The number of halogens is 2. The zero-order chi connectivity index (χ0) is 10.7. The van der Waals surface area contributed by atoms with Gasteiger partial charge in [-0.15, -0.1) is 0 Å². The van der Waals surface area contributed by atoms with Crippen LogP contribution in [0.25, 0.3) is 0 Å². The van der Waals surface area contributed by atoms with Gasteiger partial charge >= 0.3 is 5.97 Å². The van der Waals surface area contributed by atoms with Gasteiger partial charge in [0.1, 0.15) is 6.04 Å². The number of rotatable bonds is 3. The van der Waals surface area contributed by atoms with Gasteiger partial charge in [0.25, 0.3) is 0 Å². The molecule has 76 valence electrons. The van der Waals surface area contributed by atoms with Gasteiger partial charge in [0.05, 0.1) is 0 Å². The molecule has 14 heavy (non-hydrogen) atoms. The number of aliphatic carboxylic acids is 1. The van der Waals surface area contributed by atoms with Crippen LogP contribution in [0, 0.1) is 3.57 Å². The summed E-state index contributed by atoms with van der Waals surface area (Å²) < 4.78 is 2.06. The molecule has 0 aromatic heterocycles. The molecule has 0 amide bonds. The van der Waals surface area contributed by atoms with Crippen LogP contribution in [0.1, 0.15) is 5.56 Å². The van der Waals surface area contributed by atoms with Crippen molar-refractivity contribution in [2.45, 2.75) is 12.5 Å². The molecule has 1 rings (SSSR count). The Morgan fingerprint density at radius 1 is 1.64 bits per heavy atom. The number of hydrogen-bond donors (Lipinski definition) is 2. The van der Waals surface area contributed by atoms with Crippen LogP contribution in [0.4, 0.5) is 0 Å². The van der Waals surface area contributed by atoms with E-state index in [1.54, 1.807) is 0 Å². The van der Waals surface area contributed by atoms with Crippen molar-refractivity contribution in [2.75, 3.05) is 0 Å². The summed E-state index contributed by atoms with van der Waals surface area (Å²) in [4.78, 5) is 10.5. The van der Waals surface area contributed by atoms with Gasteiger partial charge in [0, 0.05) is 8.04 Å². The maximum Gasteiger partial charge on any atom is 0.320 e. The summed E-state index contributed by atoms with van der Waals surface area (Å²) >= 11 is 5.57. The first-order valence-corrected chi connectivity index (χ1v) is 5.80. The Labute approximate surface area is 104 Å². The summed E-state index contributed by atoms with van der Waals surface area (Å²) in [6.45, 7) is 0. The number of carbonyl (C=O) groups is 1. The summed E-state index contributed by atoms with van der Waals surface area (Å²) in [5.74, 6) is -0.973. The Hall–Kier alpha value is -0.140. The van der Waals surface area contributed by atoms with Crippen LogP contribution in [-0.4, -0.2) is 17.1 Å². The van der Waals surface area contributed by atoms with E-state index in [1.165, 1.54) is 0 Å². The van der Waals surface area contributed by atoms with Crippen LogP contribution in [0.2, 0.25) is 0 Å². The normalized spacial score (nSPS) is 12.5. The second-order valence-corrected chi connectivity index (χ2v) is 4.91. The number of carboxylic acids is 1. The van der Waals surface area contributed by atoms with Crippen molar-refractivity contribution < 1.29 is 9.90 Å². The highest BCUT2D eigenvalue weighted by molar-refractivity contribution is 14.1. The molecule has 0 fully saturated rings. The van der Waals surface area contributed by atoms with Crippen molar-refractivity contribution >= 4 is 44.5 Å². The van der Waals surface area contributed by atoms with E-state index in [9.17, 15) is 4.79 Å². The quantitative estimate of drug-likeness (QED) is 0.801. The summed E-state index contributed by atoms with van der Waals surface area (Å²) in [6.07, 6.45) is 0.352. The lowest BCUT2D eigenvalue weighted by Crippen LogP contribution is -2.32. The van der Waals surface area contributed by atoms with Crippen LogP contribution in [0.3, 0.4) is 0 Å². The van der Waals surface area contributed by atoms with Gasteiger partial charge in [-0.1, -0.05) is 6.07 Å². The second-order valence-electron chi connectivity index (χ2n) is 2.90. The van der Waals surface area contributed by atoms with E-state index in [-0.39, 0.29) is 0 Å². The molecule has 0 aliphatic rings. The Balaban J connectivity index is 2.78. The average molecular weight is 370 g/mol. The molecule has 0 bridgehead atoms. The number of hydrogen-bond acceptors (Lipinski definition) is 2. The Kier molecular flexibility index (Phi) is 4.33. The molecule has 1 atom stereocenters. The lowest BCUT2D eigenvalue weighted by molar-refractivity contribution is -0.138. The van der Waals surface area contributed by atoms with Crippen molar-refractivity contribution in [3.63, 3.8) is 0 Å². The highest BCUT2D eigenvalue weighted by atomic mass is 127. The lowest BCUT2D eigenvalue weighted by atomic mass is 10.1. The molecule has 0 radical (unpaired) electrons. The van der Waals surface area contributed by atoms with Gasteiger partial charge in [-0.2, -0.15) is 0 Å². The molecule has 1 aromatic rings. The first-order chi connectivity index (χ1) is 6.50. The van der Waals surface area contributed by atoms with Gasteiger partial charge in [0.2, 0.25) is 0 Å². The predicted molar refractivity (Wildman–Crippen MR) is 66.2 cm³/mol. The monoisotopic (exact) mass is 369 g/mol. The van der Waals surface area contributed by atoms with E-state index in [4.69, 9.17) is 10.8 Å². The van der Waals surface area contributed by atoms with E-state index < -0.39 is 12.0 Å². The minimum absolute atomic E-state index is 0.352. The van der Waals surface area contributed by atoms with E-state index >= 15 is 0 Å². The van der Waals surface area contributed by atoms with Crippen LogP contribution in [-0.2, 0) is 11.2 Å². The summed E-state index contributed by atoms with van der Waals surface area (Å²) in [5.41, 5.74) is 6.34. The minimum atomic E-state index is -0.973. The fourth-order valence-electron chi connectivity index (χ4n) is 1.01. The number of carboxylic acid groups (broad SMARTS) is 1. The fraction of sp³-hybridized carbons (Fsp3) is 0.222. The SMILES string of the molecule is N[C@@H](Cc1ccc(I)c(Br)c1)C(=O)O. The third-order valence-corrected chi connectivity index (χ3v) is 4.09. The molecule has 3 N–H and O–H groups in total. The van der Waals surface area contributed by atoms with E-state index in [1.807, 2.05) is 18.2 Å². The Morgan fingerprint density at radius 2 is 2.29 bits per heavy atom. The number of nitrogens with two attached hydrogens (primary N) is 1. The molecule has 0 saturated heterocycles. The maximum absolute atomic E-state index is 10.5. The smallest absolute Gasteiger partial charge is 0.320 e. The molecule has 0 unspecified atom stereocenters. The van der Waals surface area contributed by atoms with Crippen LogP contribution < -0.4 is 5.73 Å². The fourth-order valence-corrected chi connectivity index (χ4v) is 1.77. The van der Waals surface area contributed by atoms with Crippen LogP contribution in [0.5, 0.6) is 0 Å². The van der Waals surface area contributed by atoms with Crippen molar-refractivity contribution in [2.24, 2.45) is 5.73 Å². The molecule has 5 heteroatoms. The minimum Gasteiger partial charge on any atom is -0.480 e. The van der Waals surface area contributed by atoms with Gasteiger partial charge < -0.3 is 10.8 Å². The molecule has 0 saturated carbocycles. The summed E-state index contributed by atoms with van der Waals surface area (Å²) in [5, 5.41) is 8.63. The highest BCUT2D eigenvalue weighted by Crippen LogP contribution is 2.20. The number of benzene rings is 1. The van der Waals surface area contributed by atoms with Gasteiger partial charge in [0.15, 0.2) is 0 Å². The molecule has 0 spiro atoms. The lowest BCUT2D eigenvalue weighted by Gasteiger charge is -2.07. The van der Waals surface area contributed by atoms with E-state index in [2.05, 4.69) is 38.5 Å². The first kappa shape index (κ1) is 11.9. The van der Waals surface area contributed by atoms with Gasteiger partial charge in [-0.05, 0) is 62.6 Å².